The number of nitrogens with zero attached hydrogens (tertiary/aromatic N) is 3. The topological polar surface area (TPSA) is 105 Å². The van der Waals surface area contributed by atoms with Crippen molar-refractivity contribution < 1.29 is 27.5 Å². The molecule has 6 nitrogen and oxygen atoms in total. The van der Waals surface area contributed by atoms with Gasteiger partial charge in [0.05, 0.1) is 12.1 Å². The molecule has 0 heterocycles. The quantitative estimate of drug-likeness (QED) is 0.117. The van der Waals surface area contributed by atoms with Crippen LogP contribution in [0.3, 0.4) is 0 Å². The first-order valence-electron chi connectivity index (χ1n) is 22.6. The zero-order valence-electron chi connectivity index (χ0n) is 37.0. The number of phenolic OH excluding ortho intramolecular Hbond substituents is 2. The third kappa shape index (κ3) is 8.96. The number of hydrogen-bond acceptors (Lipinski definition) is 5. The number of benzene rings is 10. The van der Waals surface area contributed by atoms with Gasteiger partial charge in [0.15, 0.2) is 0 Å². The Bertz CT molecular complexity index is 3240. The molecule has 0 unspecified atom stereocenters. The van der Waals surface area contributed by atoms with Crippen LogP contribution in [-0.4, -0.2) is 34.7 Å². The third-order valence-electron chi connectivity index (χ3n) is 13.1. The van der Waals surface area contributed by atoms with Gasteiger partial charge in [-0.15, -0.1) is 4.91 Å². The van der Waals surface area contributed by atoms with E-state index in [1.807, 2.05) is 66.1 Å². The van der Waals surface area contributed by atoms with Gasteiger partial charge in [-0.1, -0.05) is 195 Å². The summed E-state index contributed by atoms with van der Waals surface area (Å²) in [5.41, 5.74) is 15.0. The minimum Gasteiger partial charge on any atom is -0.120 e. The second kappa shape index (κ2) is 21.1. The van der Waals surface area contributed by atoms with Crippen molar-refractivity contribution in [3.8, 4) is 56.0 Å². The van der Waals surface area contributed by atoms with Gasteiger partial charge in [-0.3, -0.25) is 9.98 Å². The monoisotopic (exact) mass is 993 g/mol. The van der Waals surface area contributed by atoms with E-state index in [0.717, 1.165) is 113 Å². The third-order valence-corrected chi connectivity index (χ3v) is 13.1. The first kappa shape index (κ1) is 45.8. The van der Waals surface area contributed by atoms with Crippen LogP contribution in [0, 0.1) is 4.91 Å². The second-order valence-electron chi connectivity index (χ2n) is 16.9. The first-order valence-corrected chi connectivity index (χ1v) is 24.9. The molecule has 10 aromatic carbocycles. The maximum Gasteiger partial charge on any atom is 0.120 e. The molecule has 334 valence electrons. The fraction of sp³-hybridized carbons (Fsp3) is 0.100. The van der Waals surface area contributed by atoms with Crippen molar-refractivity contribution in [2.75, 3.05) is 0 Å². The van der Waals surface area contributed by atoms with Crippen molar-refractivity contribution in [3.05, 3.63) is 210 Å². The number of aromatic hydroxyl groups is 2. The molecule has 0 aromatic heterocycles. The summed E-state index contributed by atoms with van der Waals surface area (Å²) in [5.74, 6) is 0.424. The normalized spacial score (nSPS) is 14.8. The van der Waals surface area contributed by atoms with Crippen molar-refractivity contribution in [3.63, 3.8) is 0 Å². The van der Waals surface area contributed by atoms with E-state index in [0.29, 0.717) is 11.1 Å². The van der Waals surface area contributed by atoms with E-state index in [9.17, 15) is 10.2 Å². The number of hydrogen-bond donors (Lipinski definition) is 2. The Morgan fingerprint density at radius 1 is 0.426 bits per heavy atom. The maximum atomic E-state index is 12.5. The molecule has 2 N–H and O–H groups in total. The van der Waals surface area contributed by atoms with E-state index in [1.165, 1.54) is 0 Å². The van der Waals surface area contributed by atoms with Gasteiger partial charge in [0.1, 0.15) is 17.1 Å². The zero-order chi connectivity index (χ0) is 47.0. The Labute approximate surface area is 409 Å². The molecule has 2 atom stereocenters. The number of aliphatic imine (C=N–C) groups is 2. The molecular weight excluding hydrogens is 947 g/mol. The smallest absolute Gasteiger partial charge is 0.120 e. The van der Waals surface area contributed by atoms with Gasteiger partial charge in [0, 0.05) is 45.8 Å². The standard InChI is InChI=1S/C60H46N2O2.ClH.NO.Ru/c63-59-45(35-43-23-9-13-27-49(43)57(59)55-47-25-11-7-21-41(47)31-33-51(55)39-17-3-1-4-18-39)37-61-53-29-15-16-30-54(53)62-38-46-36-44-24-10-14-28-50(44)58(60(46)64)56-48-26-12-8-22-42(48)32-34-52(56)40-19-5-2-6-20-40;;1-2;/h1-14,17-28,31-38,53-54,63-64H,15-16,29-30H2;1H;;/q;;;+1/p-1/t53-,54-;;;/m1.../s1. The van der Waals surface area contributed by atoms with Crippen molar-refractivity contribution in [2.45, 2.75) is 37.8 Å². The van der Waals surface area contributed by atoms with Gasteiger partial charge in [0.2, 0.25) is 0 Å². The minimum absolute atomic E-state index is 0.0958. The fourth-order valence-electron chi connectivity index (χ4n) is 10.0. The summed E-state index contributed by atoms with van der Waals surface area (Å²) in [6.45, 7) is 0. The molecule has 1 saturated carbocycles. The summed E-state index contributed by atoms with van der Waals surface area (Å²) in [7, 11) is 4.57. The molecule has 0 saturated heterocycles. The summed E-state index contributed by atoms with van der Waals surface area (Å²) < 4.78 is 0. The van der Waals surface area contributed by atoms with Gasteiger partial charge >= 0.3 is 27.0 Å². The Kier molecular flexibility index (Phi) is 14.2. The molecule has 68 heavy (non-hydrogen) atoms. The van der Waals surface area contributed by atoms with Crippen molar-refractivity contribution in [1.82, 2.24) is 5.59 Å². The number of rotatable bonds is 8. The Balaban J connectivity index is 0.00000141. The van der Waals surface area contributed by atoms with Crippen LogP contribution in [0.5, 0.6) is 11.5 Å². The molecule has 1 aliphatic carbocycles. The predicted molar refractivity (Wildman–Crippen MR) is 281 cm³/mol. The van der Waals surface area contributed by atoms with Crippen LogP contribution in [0.4, 0.5) is 0 Å². The van der Waals surface area contributed by atoms with E-state index >= 15 is 0 Å². The second-order valence-corrected chi connectivity index (χ2v) is 16.9. The van der Waals surface area contributed by atoms with Crippen LogP contribution in [0.25, 0.3) is 87.6 Å². The summed E-state index contributed by atoms with van der Waals surface area (Å²) in [5, 5.41) is 33.4. The molecule has 1 radical (unpaired) electrons. The number of phenols is 2. The van der Waals surface area contributed by atoms with Gasteiger partial charge in [-0.05, 0) is 90.3 Å². The molecule has 11 rings (SSSR count). The molecule has 8 heteroatoms. The van der Waals surface area contributed by atoms with Crippen LogP contribution in [0.2, 0.25) is 0 Å². The molecule has 0 spiro atoms. The maximum absolute atomic E-state index is 12.5. The summed E-state index contributed by atoms with van der Waals surface area (Å²) in [6.07, 6.45) is 7.60. The molecule has 1 aliphatic rings. The van der Waals surface area contributed by atoms with Crippen LogP contribution in [0.1, 0.15) is 36.8 Å². The van der Waals surface area contributed by atoms with E-state index in [1.54, 1.807) is 0 Å². The van der Waals surface area contributed by atoms with Crippen LogP contribution < -0.4 is 5.59 Å². The Morgan fingerprint density at radius 3 is 1.13 bits per heavy atom. The molecular formula is C60H46ClN3O3Ru. The molecule has 0 amide bonds. The Hall–Kier alpha value is -7.31. The summed E-state index contributed by atoms with van der Waals surface area (Å²) in [4.78, 5) is 17.7. The Morgan fingerprint density at radius 2 is 0.750 bits per heavy atom. The predicted octanol–water partition coefficient (Wildman–Crippen LogP) is 15.5. The van der Waals surface area contributed by atoms with Gasteiger partial charge in [-0.25, -0.2) is 0 Å². The zero-order valence-corrected chi connectivity index (χ0v) is 39.5. The number of halogens is 1. The molecule has 0 bridgehead atoms. The minimum atomic E-state index is -0.0958. The van der Waals surface area contributed by atoms with E-state index in [2.05, 4.69) is 167 Å². The number of nitroso groups, excluding NO2 is 1. The fourth-order valence-corrected chi connectivity index (χ4v) is 10.0. The van der Waals surface area contributed by atoms with Crippen molar-refractivity contribution >= 4 is 65.2 Å². The van der Waals surface area contributed by atoms with Crippen LogP contribution in [-0.2, 0) is 17.3 Å². The van der Waals surface area contributed by atoms with Crippen molar-refractivity contribution in [1.29, 1.82) is 0 Å². The SMILES string of the molecule is Oc1c(C=N[C@@H]2CCCC[C@H]2N=Cc2cc3ccccc3c(-c3c(-c4ccccc4)ccc4ccccc34)c2O)cc2ccccc2c1-c1c(-c2ccccc2)ccc2ccccc12.[Cl][Ru].[N]=O. The molecule has 0 aliphatic heterocycles. The average molecular weight is 994 g/mol. The average Bonchev–Trinajstić information content (AvgIpc) is 3.41. The van der Waals surface area contributed by atoms with Gasteiger partial charge in [-0.2, -0.15) is 0 Å². The van der Waals surface area contributed by atoms with E-state index in [-0.39, 0.29) is 23.6 Å². The summed E-state index contributed by atoms with van der Waals surface area (Å²) >= 11 is 1.82. The molecule has 1 fully saturated rings. The van der Waals surface area contributed by atoms with E-state index in [4.69, 9.17) is 20.5 Å². The van der Waals surface area contributed by atoms with Gasteiger partial charge < -0.3 is 10.2 Å². The first-order chi connectivity index (χ1) is 33.6. The van der Waals surface area contributed by atoms with E-state index < -0.39 is 0 Å². The number of fused-ring (bicyclic) bond motifs is 4. The van der Waals surface area contributed by atoms with Crippen LogP contribution in [0.15, 0.2) is 204 Å². The molecule has 10 aromatic rings. The van der Waals surface area contributed by atoms with Crippen molar-refractivity contribution in [2.24, 2.45) is 9.98 Å². The summed E-state index contributed by atoms with van der Waals surface area (Å²) in [6, 6.07) is 66.9. The van der Waals surface area contributed by atoms with Crippen LogP contribution >= 0.6 is 9.69 Å². The largest absolute Gasteiger partial charge is 0.120 e. The van der Waals surface area contributed by atoms with Gasteiger partial charge in [0.25, 0.3) is 0 Å².